The van der Waals surface area contributed by atoms with Gasteiger partial charge < -0.3 is 0 Å². The maximum atomic E-state index is 12.3. The van der Waals surface area contributed by atoms with Crippen LogP contribution >= 0.6 is 22.7 Å². The lowest BCUT2D eigenvalue weighted by molar-refractivity contribution is 0.548. The van der Waals surface area contributed by atoms with Gasteiger partial charge in [0, 0.05) is 30.8 Å². The summed E-state index contributed by atoms with van der Waals surface area (Å²) in [5, 5.41) is 3.15. The summed E-state index contributed by atoms with van der Waals surface area (Å²) < 4.78 is 25.9. The Labute approximate surface area is 138 Å². The van der Waals surface area contributed by atoms with Crippen LogP contribution in [0, 0.1) is 0 Å². The van der Waals surface area contributed by atoms with E-state index in [0.717, 1.165) is 24.1 Å². The Morgan fingerprint density at radius 1 is 1.05 bits per heavy atom. The lowest BCUT2D eigenvalue weighted by atomic mass is 10.1. The van der Waals surface area contributed by atoms with Crippen LogP contribution in [0.25, 0.3) is 20.5 Å². The van der Waals surface area contributed by atoms with Crippen molar-refractivity contribution in [2.45, 2.75) is 24.5 Å². The highest BCUT2D eigenvalue weighted by Gasteiger charge is 2.31. The van der Waals surface area contributed by atoms with Gasteiger partial charge in [0.25, 0.3) is 0 Å². The highest BCUT2D eigenvalue weighted by Crippen LogP contribution is 2.42. The molecule has 1 atom stereocenters. The summed E-state index contributed by atoms with van der Waals surface area (Å²) in [6.07, 6.45) is 2.59. The second-order valence-electron chi connectivity index (χ2n) is 5.70. The predicted octanol–water partition coefficient (Wildman–Crippen LogP) is 5.27. The molecule has 0 bridgehead atoms. The van der Waals surface area contributed by atoms with E-state index < -0.39 is 9.84 Å². The van der Waals surface area contributed by atoms with Crippen molar-refractivity contribution < 1.29 is 8.42 Å². The van der Waals surface area contributed by atoms with Gasteiger partial charge in [-0.15, -0.1) is 22.7 Å². The molecule has 2 nitrogen and oxygen atoms in total. The van der Waals surface area contributed by atoms with Crippen molar-refractivity contribution in [2.75, 3.05) is 5.75 Å². The van der Waals surface area contributed by atoms with E-state index >= 15 is 0 Å². The Hall–Kier alpha value is -1.17. The van der Waals surface area contributed by atoms with Crippen LogP contribution in [-0.2, 0) is 9.84 Å². The number of benzene rings is 1. The minimum atomic E-state index is -2.96. The van der Waals surface area contributed by atoms with Gasteiger partial charge in [-0.1, -0.05) is 24.6 Å². The fourth-order valence-corrected chi connectivity index (χ4v) is 7.64. The van der Waals surface area contributed by atoms with Crippen LogP contribution in [-0.4, -0.2) is 14.2 Å². The maximum absolute atomic E-state index is 12.3. The number of sulfone groups is 1. The summed E-state index contributed by atoms with van der Waals surface area (Å²) in [7, 11) is -2.96. The largest absolute Gasteiger partial charge is 0.228 e. The minimum Gasteiger partial charge on any atom is -0.228 e. The summed E-state index contributed by atoms with van der Waals surface area (Å²) in [4.78, 5) is 2.18. The highest BCUT2D eigenvalue weighted by atomic mass is 32.2. The minimum absolute atomic E-state index is 0.287. The summed E-state index contributed by atoms with van der Waals surface area (Å²) in [6, 6.07) is 12.5. The molecule has 0 N–H and O–H groups in total. The van der Waals surface area contributed by atoms with Crippen LogP contribution in [0.1, 0.15) is 29.4 Å². The van der Waals surface area contributed by atoms with Gasteiger partial charge in [0.1, 0.15) is 0 Å². The first-order chi connectivity index (χ1) is 10.6. The smallest absolute Gasteiger partial charge is 0.158 e. The van der Waals surface area contributed by atoms with Crippen molar-refractivity contribution >= 4 is 42.6 Å². The highest BCUT2D eigenvalue weighted by molar-refractivity contribution is 7.91. The molecule has 114 valence electrons. The molecule has 1 aliphatic rings. The first kappa shape index (κ1) is 14.4. The lowest BCUT2D eigenvalue weighted by Crippen LogP contribution is -2.20. The quantitative estimate of drug-likeness (QED) is 0.632. The van der Waals surface area contributed by atoms with Gasteiger partial charge >= 0.3 is 0 Å². The van der Waals surface area contributed by atoms with Gasteiger partial charge in [-0.3, -0.25) is 0 Å². The van der Waals surface area contributed by atoms with Gasteiger partial charge in [-0.2, -0.15) is 0 Å². The van der Waals surface area contributed by atoms with E-state index in [-0.39, 0.29) is 5.25 Å². The molecule has 0 amide bonds. The molecule has 0 radical (unpaired) electrons. The molecular weight excluding hydrogens is 332 g/mol. The first-order valence-corrected chi connectivity index (χ1v) is 10.8. The van der Waals surface area contributed by atoms with E-state index in [4.69, 9.17) is 0 Å². The predicted molar refractivity (Wildman–Crippen MR) is 95.5 cm³/mol. The molecule has 0 aliphatic carbocycles. The average molecular weight is 349 g/mol. The van der Waals surface area contributed by atoms with Crippen LogP contribution in [0.3, 0.4) is 0 Å². The number of rotatable bonds is 2. The third-order valence-corrected chi connectivity index (χ3v) is 8.83. The molecular formula is C17H16O2S3. The van der Waals surface area contributed by atoms with E-state index in [1.807, 2.05) is 6.07 Å². The first-order valence-electron chi connectivity index (χ1n) is 7.43. The van der Waals surface area contributed by atoms with Crippen LogP contribution in [0.15, 0.2) is 41.8 Å². The Bertz CT molecular complexity index is 918. The molecule has 1 fully saturated rings. The van der Waals surface area contributed by atoms with Crippen LogP contribution < -0.4 is 0 Å². The molecule has 0 spiro atoms. The topological polar surface area (TPSA) is 34.1 Å². The Kier molecular flexibility index (Phi) is 3.59. The summed E-state index contributed by atoms with van der Waals surface area (Å²) in [5.74, 6) is 0.340. The van der Waals surface area contributed by atoms with Gasteiger partial charge in [0.15, 0.2) is 9.84 Å². The van der Waals surface area contributed by atoms with Crippen LogP contribution in [0.2, 0.25) is 0 Å². The fraction of sp³-hybridized carbons (Fsp3) is 0.294. The van der Waals surface area contributed by atoms with E-state index in [9.17, 15) is 8.42 Å². The molecule has 1 saturated heterocycles. The molecule has 1 aliphatic heterocycles. The number of hydrogen-bond donors (Lipinski definition) is 0. The van der Waals surface area contributed by atoms with Crippen LogP contribution in [0.5, 0.6) is 0 Å². The fourth-order valence-electron chi connectivity index (χ4n) is 3.11. The summed E-state index contributed by atoms with van der Waals surface area (Å²) in [5.41, 5.74) is 1.23. The average Bonchev–Trinajstić information content (AvgIpc) is 3.12. The summed E-state index contributed by atoms with van der Waals surface area (Å²) >= 11 is 3.38. The monoisotopic (exact) mass is 348 g/mol. The molecule has 1 aromatic carbocycles. The molecule has 0 saturated carbocycles. The normalized spacial score (nSPS) is 21.2. The van der Waals surface area contributed by atoms with Crippen molar-refractivity contribution in [3.05, 3.63) is 46.7 Å². The molecule has 1 unspecified atom stereocenters. The Morgan fingerprint density at radius 3 is 2.77 bits per heavy atom. The molecule has 5 heteroatoms. The van der Waals surface area contributed by atoms with Crippen LogP contribution in [0.4, 0.5) is 0 Å². The Morgan fingerprint density at radius 2 is 1.91 bits per heavy atom. The zero-order chi connectivity index (χ0) is 15.2. The van der Waals surface area contributed by atoms with Crippen molar-refractivity contribution in [3.8, 4) is 10.4 Å². The second-order valence-corrected chi connectivity index (χ2v) is 10.0. The maximum Gasteiger partial charge on any atom is 0.158 e. The lowest BCUT2D eigenvalue weighted by Gasteiger charge is -2.20. The zero-order valence-corrected chi connectivity index (χ0v) is 14.4. The molecule has 3 heterocycles. The zero-order valence-electron chi connectivity index (χ0n) is 12.0. The second kappa shape index (κ2) is 5.48. The number of hydrogen-bond acceptors (Lipinski definition) is 4. The van der Waals surface area contributed by atoms with Crippen molar-refractivity contribution in [1.29, 1.82) is 0 Å². The van der Waals surface area contributed by atoms with Gasteiger partial charge in [0.05, 0.1) is 11.0 Å². The Balaban J connectivity index is 1.75. The van der Waals surface area contributed by atoms with E-state index in [1.54, 1.807) is 22.7 Å². The SMILES string of the molecule is O=S1(=O)CCCCC1c1ccc(-c2csc3ccccc23)s1. The van der Waals surface area contributed by atoms with E-state index in [1.165, 1.54) is 20.5 Å². The third kappa shape index (κ3) is 2.41. The molecule has 3 aromatic rings. The van der Waals surface area contributed by atoms with Gasteiger partial charge in [-0.25, -0.2) is 8.42 Å². The van der Waals surface area contributed by atoms with Gasteiger partial charge in [-0.05, 0) is 31.0 Å². The third-order valence-electron chi connectivity index (χ3n) is 4.27. The van der Waals surface area contributed by atoms with Crippen molar-refractivity contribution in [3.63, 3.8) is 0 Å². The van der Waals surface area contributed by atoms with Crippen molar-refractivity contribution in [2.24, 2.45) is 0 Å². The number of fused-ring (bicyclic) bond motifs is 1. The van der Waals surface area contributed by atoms with Gasteiger partial charge in [0.2, 0.25) is 0 Å². The van der Waals surface area contributed by atoms with E-state index in [0.29, 0.717) is 5.75 Å². The standard InChI is InChI=1S/C17H16O2S3/c18-22(19)10-4-3-7-17(22)16-9-8-15(21-16)13-11-20-14-6-2-1-5-12(13)14/h1-2,5-6,8-9,11,17H,3-4,7,10H2. The summed E-state index contributed by atoms with van der Waals surface area (Å²) in [6.45, 7) is 0. The number of thiophene rings is 2. The molecule has 2 aromatic heterocycles. The van der Waals surface area contributed by atoms with Crippen molar-refractivity contribution in [1.82, 2.24) is 0 Å². The molecule has 4 rings (SSSR count). The molecule has 22 heavy (non-hydrogen) atoms. The van der Waals surface area contributed by atoms with E-state index in [2.05, 4.69) is 35.7 Å².